The summed E-state index contributed by atoms with van der Waals surface area (Å²) in [5.41, 5.74) is -0.390. The molecular weight excluding hydrogens is 477 g/mol. The largest absolute Gasteiger partial charge is 1.00 e. The molecular formula is C14H15BrN5O8P. The number of carbonyl (C=O) groups excluding carboxylic acids is 1. The molecule has 2 fully saturated rings. The third-order valence-corrected chi connectivity index (χ3v) is 6.53. The Morgan fingerprint density at radius 2 is 2.17 bits per heavy atom. The van der Waals surface area contributed by atoms with Crippen LogP contribution in [0.2, 0.25) is 0 Å². The molecule has 3 aliphatic rings. The van der Waals surface area contributed by atoms with Crippen LogP contribution in [0.15, 0.2) is 9.53 Å². The van der Waals surface area contributed by atoms with Crippen molar-refractivity contribution >= 4 is 46.8 Å². The minimum absolute atomic E-state index is 0. The molecule has 0 saturated carbocycles. The van der Waals surface area contributed by atoms with Crippen LogP contribution >= 0.6 is 23.8 Å². The second kappa shape index (κ2) is 6.67. The Morgan fingerprint density at radius 1 is 1.38 bits per heavy atom. The lowest BCUT2D eigenvalue weighted by molar-refractivity contribution is -0.245. The van der Waals surface area contributed by atoms with Crippen LogP contribution in [0.5, 0.6) is 0 Å². The molecule has 0 spiro atoms. The number of hydrogen-bond acceptors (Lipinski definition) is 10. The third kappa shape index (κ3) is 3.06. The van der Waals surface area contributed by atoms with Crippen LogP contribution in [0, 0.1) is 0 Å². The summed E-state index contributed by atoms with van der Waals surface area (Å²) in [7, 11) is -4.54. The predicted molar refractivity (Wildman–Crippen MR) is 96.8 cm³/mol. The van der Waals surface area contributed by atoms with E-state index >= 15 is 0 Å². The number of phosphoric ester groups is 1. The van der Waals surface area contributed by atoms with Gasteiger partial charge in [0.15, 0.2) is 22.1 Å². The normalized spacial score (nSPS) is 34.5. The van der Waals surface area contributed by atoms with Crippen LogP contribution in [0.4, 0.5) is 5.95 Å². The third-order valence-electron chi connectivity index (χ3n) is 5.01. The first-order chi connectivity index (χ1) is 13.7. The highest BCUT2D eigenvalue weighted by molar-refractivity contribution is 9.10. The fourth-order valence-electron chi connectivity index (χ4n) is 3.69. The second-order valence-electron chi connectivity index (χ2n) is 6.84. The predicted octanol–water partition coefficient (Wildman–Crippen LogP) is -0.658. The van der Waals surface area contributed by atoms with Crippen molar-refractivity contribution in [1.82, 2.24) is 19.1 Å². The Kier molecular flexibility index (Phi) is 4.44. The standard InChI is InChI=1S/C14H15BrN5O8P/c15-13-17-7-10(18-14-16-6(21)2-1-3-19(14)11(7)23)20(13)12-8(22)9-5(27-12)4-26-29(24,25)28-9/h5,8-9,12,22H,1-4H2,(H,24,25)(H,16,18,21)/t5?,8?,9-,12-/m1/s1. The van der Waals surface area contributed by atoms with Gasteiger partial charge in [0.05, 0.1) is 6.61 Å². The Labute approximate surface area is 171 Å². The minimum atomic E-state index is -4.54. The molecule has 0 radical (unpaired) electrons. The first-order valence-corrected chi connectivity index (χ1v) is 11.0. The number of hydrogen-bond donors (Lipinski definition) is 2. The minimum Gasteiger partial charge on any atom is -0.756 e. The van der Waals surface area contributed by atoms with Gasteiger partial charge in [-0.3, -0.25) is 28.6 Å². The van der Waals surface area contributed by atoms with Gasteiger partial charge in [-0.2, -0.15) is 4.98 Å². The van der Waals surface area contributed by atoms with Crippen LogP contribution in [0.1, 0.15) is 20.5 Å². The molecule has 156 valence electrons. The molecule has 0 aromatic carbocycles. The van der Waals surface area contributed by atoms with E-state index in [4.69, 9.17) is 9.26 Å². The van der Waals surface area contributed by atoms with E-state index in [9.17, 15) is 24.2 Å². The van der Waals surface area contributed by atoms with Crippen molar-refractivity contribution in [2.24, 2.45) is 0 Å². The number of ether oxygens (including phenoxy) is 1. The first kappa shape index (κ1) is 19.3. The number of nitrogens with zero attached hydrogens (tertiary/aromatic N) is 4. The molecule has 0 aliphatic carbocycles. The van der Waals surface area contributed by atoms with E-state index in [0.717, 1.165) is 0 Å². The van der Waals surface area contributed by atoms with Crippen molar-refractivity contribution < 1.29 is 34.6 Å². The summed E-state index contributed by atoms with van der Waals surface area (Å²) in [6, 6.07) is 0. The van der Waals surface area contributed by atoms with Crippen LogP contribution in [-0.2, 0) is 29.7 Å². The zero-order valence-corrected chi connectivity index (χ0v) is 17.0. The maximum atomic E-state index is 12.9. The summed E-state index contributed by atoms with van der Waals surface area (Å²) in [5.74, 6) is -0.209. The van der Waals surface area contributed by atoms with Crippen LogP contribution < -0.4 is 15.8 Å². The summed E-state index contributed by atoms with van der Waals surface area (Å²) in [5, 5.41) is 13.2. The SMILES string of the molecule is O=C1CCCn2c(nc3c(nc(Br)n3[C@@H]3OC4COP(=O)([O-])O[C@H]4C3O)c2=O)N1.[H+]. The number of aromatic nitrogens is 4. The number of amides is 1. The summed E-state index contributed by atoms with van der Waals surface area (Å²) >= 11 is 3.24. The average molecular weight is 492 g/mol. The number of anilines is 1. The summed E-state index contributed by atoms with van der Waals surface area (Å²) in [4.78, 5) is 44.9. The van der Waals surface area contributed by atoms with Crippen LogP contribution in [-0.4, -0.2) is 55.0 Å². The molecule has 29 heavy (non-hydrogen) atoms. The summed E-state index contributed by atoms with van der Waals surface area (Å²) in [6.07, 6.45) is -3.85. The van der Waals surface area contributed by atoms with Crippen molar-refractivity contribution in [3.63, 3.8) is 0 Å². The number of rotatable bonds is 1. The van der Waals surface area contributed by atoms with Gasteiger partial charge in [-0.15, -0.1) is 0 Å². The van der Waals surface area contributed by atoms with Gasteiger partial charge < -0.3 is 23.8 Å². The molecule has 15 heteroatoms. The van der Waals surface area contributed by atoms with E-state index in [0.29, 0.717) is 13.0 Å². The Bertz CT molecular complexity index is 1140. The zero-order chi connectivity index (χ0) is 20.5. The lowest BCUT2D eigenvalue weighted by Crippen LogP contribution is -2.41. The van der Waals surface area contributed by atoms with Gasteiger partial charge in [0.25, 0.3) is 13.4 Å². The highest BCUT2D eigenvalue weighted by Crippen LogP contribution is 2.50. The first-order valence-electron chi connectivity index (χ1n) is 8.71. The van der Waals surface area contributed by atoms with E-state index in [1.807, 2.05) is 0 Å². The van der Waals surface area contributed by atoms with Crippen molar-refractivity contribution in [3.8, 4) is 0 Å². The number of nitrogens with one attached hydrogen (secondary N) is 1. The molecule has 0 bridgehead atoms. The number of imidazole rings is 1. The highest BCUT2D eigenvalue weighted by atomic mass is 79.9. The number of phosphoric acid groups is 1. The summed E-state index contributed by atoms with van der Waals surface area (Å²) < 4.78 is 29.5. The lowest BCUT2D eigenvalue weighted by atomic mass is 10.1. The molecule has 5 heterocycles. The fraction of sp³-hybridized carbons (Fsp3) is 0.571. The molecule has 5 rings (SSSR count). The van der Waals surface area contributed by atoms with Crippen LogP contribution in [0.3, 0.4) is 0 Å². The molecule has 2 N–H and O–H groups in total. The van der Waals surface area contributed by atoms with Gasteiger partial charge in [0.2, 0.25) is 11.9 Å². The fourth-order valence-corrected chi connectivity index (χ4v) is 5.18. The lowest BCUT2D eigenvalue weighted by Gasteiger charge is -2.34. The molecule has 3 aliphatic heterocycles. The molecule has 5 atom stereocenters. The highest BCUT2D eigenvalue weighted by Gasteiger charge is 2.51. The van der Waals surface area contributed by atoms with E-state index in [1.165, 1.54) is 9.13 Å². The smallest absolute Gasteiger partial charge is 0.756 e. The van der Waals surface area contributed by atoms with E-state index in [2.05, 4.69) is 35.7 Å². The number of fused-ring (bicyclic) bond motifs is 3. The molecule has 2 saturated heterocycles. The van der Waals surface area contributed by atoms with Crippen molar-refractivity contribution in [3.05, 3.63) is 15.1 Å². The molecule has 2 aromatic heterocycles. The number of carbonyl (C=O) groups is 1. The molecule has 2 aromatic rings. The molecule has 13 nitrogen and oxygen atoms in total. The number of aliphatic hydroxyl groups is 1. The monoisotopic (exact) mass is 491 g/mol. The molecule has 1 amide bonds. The Morgan fingerprint density at radius 3 is 2.97 bits per heavy atom. The molecule has 3 unspecified atom stereocenters. The van der Waals surface area contributed by atoms with Gasteiger partial charge in [0, 0.05) is 13.0 Å². The summed E-state index contributed by atoms with van der Waals surface area (Å²) in [6.45, 7) is -0.0121. The maximum absolute atomic E-state index is 12.9. The van der Waals surface area contributed by atoms with Gasteiger partial charge in [-0.05, 0) is 22.4 Å². The van der Waals surface area contributed by atoms with E-state index in [-0.39, 0.29) is 42.2 Å². The second-order valence-corrected chi connectivity index (χ2v) is 8.91. The van der Waals surface area contributed by atoms with Gasteiger partial charge in [-0.1, -0.05) is 0 Å². The topological polar surface area (TPSA) is 170 Å². The van der Waals surface area contributed by atoms with Crippen molar-refractivity contribution in [2.45, 2.75) is 43.9 Å². The average Bonchev–Trinajstić information content (AvgIpc) is 3.05. The number of halogens is 1. The Hall–Kier alpha value is -1.67. The Balaban J connectivity index is 0.00000218. The van der Waals surface area contributed by atoms with Crippen molar-refractivity contribution in [1.29, 1.82) is 0 Å². The quantitative estimate of drug-likeness (QED) is 0.385. The van der Waals surface area contributed by atoms with E-state index in [1.54, 1.807) is 0 Å². The van der Waals surface area contributed by atoms with Crippen LogP contribution in [0.25, 0.3) is 11.2 Å². The van der Waals surface area contributed by atoms with Gasteiger partial charge in [-0.25, -0.2) is 4.98 Å². The van der Waals surface area contributed by atoms with E-state index < -0.39 is 37.9 Å². The number of aliphatic hydroxyl groups excluding tert-OH is 1. The maximum Gasteiger partial charge on any atom is 1.00 e. The van der Waals surface area contributed by atoms with Gasteiger partial charge in [0.1, 0.15) is 18.3 Å². The zero-order valence-electron chi connectivity index (χ0n) is 15.6. The van der Waals surface area contributed by atoms with Gasteiger partial charge >= 0.3 is 1.43 Å². The van der Waals surface area contributed by atoms with Crippen molar-refractivity contribution in [2.75, 3.05) is 11.9 Å².